The Morgan fingerprint density at radius 2 is 2.40 bits per heavy atom. The van der Waals surface area contributed by atoms with E-state index in [1.165, 1.54) is 0 Å². The molecular weight excluding hydrogens is 130 g/mol. The van der Waals surface area contributed by atoms with Crippen LogP contribution >= 0.6 is 0 Å². The van der Waals surface area contributed by atoms with Crippen LogP contribution in [-0.4, -0.2) is 5.97 Å². The van der Waals surface area contributed by atoms with Crippen LogP contribution in [-0.2, 0) is 9.63 Å². The van der Waals surface area contributed by atoms with Crippen molar-refractivity contribution in [3.8, 4) is 0 Å². The fourth-order valence-electron chi connectivity index (χ4n) is 0.833. The molecule has 0 aromatic carbocycles. The molecule has 2 N–H and O–H groups in total. The number of hydrogen-bond acceptors (Lipinski definition) is 3. The van der Waals surface area contributed by atoms with Gasteiger partial charge in [-0.3, -0.25) is 0 Å². The lowest BCUT2D eigenvalue weighted by atomic mass is 10.1. The van der Waals surface area contributed by atoms with Crippen LogP contribution in [0.5, 0.6) is 0 Å². The molecule has 0 heterocycles. The third-order valence-electron chi connectivity index (χ3n) is 1.34. The van der Waals surface area contributed by atoms with Crippen LogP contribution < -0.4 is 5.90 Å². The largest absolute Gasteiger partial charge is 0.370 e. The molecule has 54 valence electrons. The highest BCUT2D eigenvalue weighted by molar-refractivity contribution is 5.91. The van der Waals surface area contributed by atoms with Gasteiger partial charge >= 0.3 is 5.97 Å². The van der Waals surface area contributed by atoms with Crippen molar-refractivity contribution < 1.29 is 9.63 Å². The van der Waals surface area contributed by atoms with E-state index in [-0.39, 0.29) is 0 Å². The minimum Gasteiger partial charge on any atom is -0.370 e. The van der Waals surface area contributed by atoms with Crippen LogP contribution in [0.25, 0.3) is 0 Å². The molecular formula is C7H9NO2. The fraction of sp³-hybridized carbons (Fsp3) is 0.286. The van der Waals surface area contributed by atoms with Gasteiger partial charge in [0.15, 0.2) is 0 Å². The molecule has 0 radical (unpaired) electrons. The minimum absolute atomic E-state index is 0.462. The molecule has 3 nitrogen and oxygen atoms in total. The van der Waals surface area contributed by atoms with E-state index >= 15 is 0 Å². The summed E-state index contributed by atoms with van der Waals surface area (Å²) in [5.74, 6) is 4.22. The van der Waals surface area contributed by atoms with Gasteiger partial charge in [0, 0.05) is 0 Å². The summed E-state index contributed by atoms with van der Waals surface area (Å²) >= 11 is 0. The van der Waals surface area contributed by atoms with Crippen LogP contribution in [0.1, 0.15) is 12.8 Å². The quantitative estimate of drug-likeness (QED) is 0.543. The molecule has 10 heavy (non-hydrogen) atoms. The minimum atomic E-state index is -0.462. The molecule has 1 aliphatic carbocycles. The van der Waals surface area contributed by atoms with Gasteiger partial charge in [-0.2, -0.15) is 5.90 Å². The zero-order valence-electron chi connectivity index (χ0n) is 5.54. The molecule has 1 aliphatic rings. The molecule has 0 atom stereocenters. The topological polar surface area (TPSA) is 52.3 Å². The Hall–Kier alpha value is -1.09. The number of nitrogens with two attached hydrogens (primary N) is 1. The monoisotopic (exact) mass is 139 g/mol. The van der Waals surface area contributed by atoms with Gasteiger partial charge in [-0.15, -0.1) is 0 Å². The number of carbonyl (C=O) groups is 1. The average Bonchev–Trinajstić information content (AvgIpc) is 2.05. The second-order valence-corrected chi connectivity index (χ2v) is 2.04. The summed E-state index contributed by atoms with van der Waals surface area (Å²) in [6.45, 7) is 0. The second kappa shape index (κ2) is 3.17. The van der Waals surface area contributed by atoms with E-state index < -0.39 is 5.97 Å². The lowest BCUT2D eigenvalue weighted by molar-refractivity contribution is -0.139. The Morgan fingerprint density at radius 1 is 1.60 bits per heavy atom. The predicted octanol–water partition coefficient (Wildman–Crippen LogP) is 0.680. The van der Waals surface area contributed by atoms with E-state index in [2.05, 4.69) is 10.7 Å². The summed E-state index contributed by atoms with van der Waals surface area (Å²) < 4.78 is 0. The molecule has 0 aliphatic heterocycles. The molecule has 0 fully saturated rings. The SMILES string of the molecule is NOC(=O)C1=CCCC=C1. The summed E-state index contributed by atoms with van der Waals surface area (Å²) in [7, 11) is 0. The molecule has 3 heteroatoms. The van der Waals surface area contributed by atoms with Crippen molar-refractivity contribution in [2.45, 2.75) is 12.8 Å². The van der Waals surface area contributed by atoms with Crippen LogP contribution in [0, 0.1) is 0 Å². The van der Waals surface area contributed by atoms with Crippen molar-refractivity contribution in [3.63, 3.8) is 0 Å². The fourth-order valence-corrected chi connectivity index (χ4v) is 0.833. The molecule has 1 rings (SSSR count). The second-order valence-electron chi connectivity index (χ2n) is 2.04. The zero-order valence-corrected chi connectivity index (χ0v) is 5.54. The highest BCUT2D eigenvalue weighted by Gasteiger charge is 2.07. The number of allylic oxidation sites excluding steroid dienone is 2. The third kappa shape index (κ3) is 1.45. The standard InChI is InChI=1S/C7H9NO2/c8-10-7(9)6-4-2-1-3-5-6/h2,4-5H,1,3,8H2. The van der Waals surface area contributed by atoms with Gasteiger partial charge in [0.25, 0.3) is 0 Å². The van der Waals surface area contributed by atoms with Crippen molar-refractivity contribution in [1.29, 1.82) is 0 Å². The Labute approximate surface area is 59.1 Å². The van der Waals surface area contributed by atoms with Gasteiger partial charge in [-0.05, 0) is 12.8 Å². The first kappa shape index (κ1) is 7.02. The molecule has 0 amide bonds. The lowest BCUT2D eigenvalue weighted by Crippen LogP contribution is -2.11. The smallest absolute Gasteiger partial charge is 0.356 e. The van der Waals surface area contributed by atoms with Gasteiger partial charge < -0.3 is 4.84 Å². The van der Waals surface area contributed by atoms with E-state index in [0.29, 0.717) is 5.57 Å². The van der Waals surface area contributed by atoms with E-state index in [9.17, 15) is 4.79 Å². The first-order valence-corrected chi connectivity index (χ1v) is 3.12. The van der Waals surface area contributed by atoms with Gasteiger partial charge in [-0.1, -0.05) is 18.2 Å². The van der Waals surface area contributed by atoms with Gasteiger partial charge in [0.05, 0.1) is 5.57 Å². The maximum atomic E-state index is 10.7. The van der Waals surface area contributed by atoms with Crippen LogP contribution in [0.3, 0.4) is 0 Å². The van der Waals surface area contributed by atoms with Crippen molar-refractivity contribution >= 4 is 5.97 Å². The van der Waals surface area contributed by atoms with E-state index in [0.717, 1.165) is 12.8 Å². The molecule has 0 bridgehead atoms. The van der Waals surface area contributed by atoms with E-state index in [1.54, 1.807) is 6.08 Å². The highest BCUT2D eigenvalue weighted by Crippen LogP contribution is 2.09. The Kier molecular flexibility index (Phi) is 2.23. The Morgan fingerprint density at radius 3 is 2.90 bits per heavy atom. The van der Waals surface area contributed by atoms with Gasteiger partial charge in [-0.25, -0.2) is 4.79 Å². The maximum absolute atomic E-state index is 10.7. The summed E-state index contributed by atoms with van der Waals surface area (Å²) in [6, 6.07) is 0. The maximum Gasteiger partial charge on any atom is 0.356 e. The van der Waals surface area contributed by atoms with Gasteiger partial charge in [0.2, 0.25) is 0 Å². The lowest BCUT2D eigenvalue weighted by Gasteiger charge is -2.02. The normalized spacial score (nSPS) is 16.3. The molecule has 0 aromatic heterocycles. The summed E-state index contributed by atoms with van der Waals surface area (Å²) in [6.07, 6.45) is 7.34. The summed E-state index contributed by atoms with van der Waals surface area (Å²) in [4.78, 5) is 14.7. The first-order chi connectivity index (χ1) is 4.84. The molecule has 0 saturated carbocycles. The van der Waals surface area contributed by atoms with Crippen molar-refractivity contribution in [2.75, 3.05) is 0 Å². The van der Waals surface area contributed by atoms with E-state index in [4.69, 9.17) is 0 Å². The molecule has 0 saturated heterocycles. The summed E-state index contributed by atoms with van der Waals surface area (Å²) in [5, 5.41) is 0. The number of carbonyl (C=O) groups excluding carboxylic acids is 1. The number of rotatable bonds is 1. The van der Waals surface area contributed by atoms with Crippen LogP contribution in [0.2, 0.25) is 0 Å². The highest BCUT2D eigenvalue weighted by atomic mass is 16.7. The van der Waals surface area contributed by atoms with Crippen molar-refractivity contribution in [3.05, 3.63) is 23.8 Å². The Balaban J connectivity index is 2.63. The Bertz CT molecular complexity index is 194. The van der Waals surface area contributed by atoms with E-state index in [1.807, 2.05) is 12.2 Å². The van der Waals surface area contributed by atoms with Crippen molar-refractivity contribution in [2.24, 2.45) is 5.90 Å². The van der Waals surface area contributed by atoms with Crippen LogP contribution in [0.4, 0.5) is 0 Å². The summed E-state index contributed by atoms with van der Waals surface area (Å²) in [5.41, 5.74) is 0.550. The third-order valence-corrected chi connectivity index (χ3v) is 1.34. The predicted molar refractivity (Wildman–Crippen MR) is 36.7 cm³/mol. The van der Waals surface area contributed by atoms with Gasteiger partial charge in [0.1, 0.15) is 0 Å². The molecule has 0 aromatic rings. The number of hydrogen-bond donors (Lipinski definition) is 1. The first-order valence-electron chi connectivity index (χ1n) is 3.12. The molecule has 0 spiro atoms. The molecule has 0 unspecified atom stereocenters. The van der Waals surface area contributed by atoms with Crippen molar-refractivity contribution in [1.82, 2.24) is 0 Å². The average molecular weight is 139 g/mol. The zero-order chi connectivity index (χ0) is 7.40. The van der Waals surface area contributed by atoms with Crippen LogP contribution in [0.15, 0.2) is 23.8 Å².